The third kappa shape index (κ3) is 2.80. The minimum absolute atomic E-state index is 0.760. The van der Waals surface area contributed by atoms with Crippen LogP contribution >= 0.6 is 0 Å². The van der Waals surface area contributed by atoms with Crippen LogP contribution in [-0.2, 0) is 6.54 Å². The molecule has 1 aliphatic heterocycles. The quantitative estimate of drug-likeness (QED) is 0.808. The number of anilines is 1. The first-order chi connectivity index (χ1) is 11.3. The Morgan fingerprint density at radius 1 is 1.00 bits per heavy atom. The molecule has 4 heterocycles. The molecule has 4 rings (SSSR count). The molecule has 5 nitrogen and oxygen atoms in total. The minimum atomic E-state index is 0.760. The van der Waals surface area contributed by atoms with Crippen molar-refractivity contribution in [3.8, 4) is 11.3 Å². The molecule has 0 aromatic carbocycles. The summed E-state index contributed by atoms with van der Waals surface area (Å²) < 4.78 is 2.14. The largest absolute Gasteiger partial charge is 0.398 e. The third-order valence-corrected chi connectivity index (χ3v) is 4.52. The molecule has 1 saturated heterocycles. The Morgan fingerprint density at radius 3 is 2.57 bits per heavy atom. The van der Waals surface area contributed by atoms with Gasteiger partial charge < -0.3 is 10.1 Å². The van der Waals surface area contributed by atoms with Crippen LogP contribution in [0.5, 0.6) is 0 Å². The van der Waals surface area contributed by atoms with Gasteiger partial charge in [0.1, 0.15) is 5.65 Å². The first-order valence-corrected chi connectivity index (χ1v) is 8.20. The van der Waals surface area contributed by atoms with Crippen molar-refractivity contribution < 1.29 is 0 Å². The highest BCUT2D eigenvalue weighted by atomic mass is 15.2. The number of nitrogen functional groups attached to an aromatic ring is 1. The molecular weight excluding hydrogens is 286 g/mol. The van der Waals surface area contributed by atoms with Crippen molar-refractivity contribution >= 4 is 11.3 Å². The number of likely N-dealkylation sites (tertiary alicyclic amines) is 1. The van der Waals surface area contributed by atoms with Crippen molar-refractivity contribution in [3.63, 3.8) is 0 Å². The molecular formula is C18H21N5. The van der Waals surface area contributed by atoms with Crippen LogP contribution in [0, 0.1) is 0 Å². The number of aromatic nitrogens is 3. The number of rotatable bonds is 3. The van der Waals surface area contributed by atoms with Gasteiger partial charge in [0.2, 0.25) is 0 Å². The second-order valence-corrected chi connectivity index (χ2v) is 6.17. The minimum Gasteiger partial charge on any atom is -0.398 e. The van der Waals surface area contributed by atoms with E-state index in [0.717, 1.165) is 42.2 Å². The molecule has 5 heteroatoms. The summed E-state index contributed by atoms with van der Waals surface area (Å²) in [5.41, 5.74) is 11.1. The normalized spacial score (nSPS) is 16.0. The zero-order chi connectivity index (χ0) is 15.6. The van der Waals surface area contributed by atoms with Gasteiger partial charge in [-0.25, -0.2) is 4.98 Å². The Morgan fingerprint density at radius 2 is 1.78 bits per heavy atom. The summed E-state index contributed by atoms with van der Waals surface area (Å²) in [6.07, 6.45) is 9.52. The summed E-state index contributed by atoms with van der Waals surface area (Å²) >= 11 is 0. The summed E-state index contributed by atoms with van der Waals surface area (Å²) in [4.78, 5) is 11.5. The second-order valence-electron chi connectivity index (χ2n) is 6.17. The number of nitrogens with zero attached hydrogens (tertiary/aromatic N) is 4. The Kier molecular flexibility index (Phi) is 3.71. The van der Waals surface area contributed by atoms with E-state index in [9.17, 15) is 0 Å². The van der Waals surface area contributed by atoms with Crippen LogP contribution in [0.3, 0.4) is 0 Å². The second kappa shape index (κ2) is 6.01. The van der Waals surface area contributed by atoms with Crippen LogP contribution in [0.1, 0.15) is 25.0 Å². The summed E-state index contributed by atoms with van der Waals surface area (Å²) in [7, 11) is 0. The van der Waals surface area contributed by atoms with E-state index in [1.165, 1.54) is 25.0 Å². The Balaban J connectivity index is 1.82. The number of piperidine rings is 1. The lowest BCUT2D eigenvalue weighted by Crippen LogP contribution is -2.29. The fraction of sp³-hybridized carbons (Fsp3) is 0.333. The van der Waals surface area contributed by atoms with Crippen molar-refractivity contribution in [2.45, 2.75) is 25.8 Å². The van der Waals surface area contributed by atoms with Gasteiger partial charge in [-0.1, -0.05) is 6.42 Å². The lowest BCUT2D eigenvalue weighted by molar-refractivity contribution is 0.218. The molecule has 0 unspecified atom stereocenters. The molecule has 118 valence electrons. The number of fused-ring (bicyclic) bond motifs is 1. The van der Waals surface area contributed by atoms with E-state index in [0.29, 0.717) is 0 Å². The summed E-state index contributed by atoms with van der Waals surface area (Å²) in [5, 5.41) is 0. The molecule has 1 fully saturated rings. The zero-order valence-corrected chi connectivity index (χ0v) is 13.2. The van der Waals surface area contributed by atoms with Gasteiger partial charge in [0.25, 0.3) is 0 Å². The topological polar surface area (TPSA) is 59.5 Å². The molecule has 0 atom stereocenters. The molecule has 0 aliphatic carbocycles. The molecule has 0 amide bonds. The van der Waals surface area contributed by atoms with Crippen molar-refractivity contribution in [2.24, 2.45) is 0 Å². The lowest BCUT2D eigenvalue weighted by atomic mass is 10.1. The maximum Gasteiger partial charge on any atom is 0.137 e. The molecule has 0 radical (unpaired) electrons. The summed E-state index contributed by atoms with van der Waals surface area (Å²) in [6.45, 7) is 3.22. The Hall–Kier alpha value is -2.40. The van der Waals surface area contributed by atoms with Gasteiger partial charge in [-0.3, -0.25) is 9.88 Å². The maximum absolute atomic E-state index is 6.00. The van der Waals surface area contributed by atoms with Crippen LogP contribution < -0.4 is 5.73 Å². The van der Waals surface area contributed by atoms with Gasteiger partial charge in [0.05, 0.1) is 11.4 Å². The van der Waals surface area contributed by atoms with E-state index in [1.54, 1.807) is 0 Å². The lowest BCUT2D eigenvalue weighted by Gasteiger charge is -2.26. The molecule has 0 bridgehead atoms. The van der Waals surface area contributed by atoms with Gasteiger partial charge >= 0.3 is 0 Å². The van der Waals surface area contributed by atoms with Crippen LogP contribution in [0.2, 0.25) is 0 Å². The molecule has 0 spiro atoms. The monoisotopic (exact) mass is 307 g/mol. The van der Waals surface area contributed by atoms with E-state index >= 15 is 0 Å². The highest BCUT2D eigenvalue weighted by Crippen LogP contribution is 2.27. The van der Waals surface area contributed by atoms with E-state index in [1.807, 2.05) is 42.9 Å². The number of pyridine rings is 2. The maximum atomic E-state index is 6.00. The third-order valence-electron chi connectivity index (χ3n) is 4.52. The Labute approximate surface area is 135 Å². The fourth-order valence-corrected chi connectivity index (χ4v) is 3.33. The van der Waals surface area contributed by atoms with E-state index < -0.39 is 0 Å². The standard InChI is InChI=1S/C18H21N5/c19-15-4-5-17-21-18(14-6-8-20-9-7-14)16(23(17)12-15)13-22-10-2-1-3-11-22/h4-9,12H,1-3,10-11,13,19H2. The van der Waals surface area contributed by atoms with Gasteiger partial charge in [-0.15, -0.1) is 0 Å². The molecule has 1 aliphatic rings. The van der Waals surface area contributed by atoms with Crippen molar-refractivity contribution in [1.29, 1.82) is 0 Å². The van der Waals surface area contributed by atoms with Crippen molar-refractivity contribution in [3.05, 3.63) is 48.5 Å². The number of imidazole rings is 1. The van der Waals surface area contributed by atoms with Crippen molar-refractivity contribution in [2.75, 3.05) is 18.8 Å². The number of hydrogen-bond acceptors (Lipinski definition) is 4. The number of nitrogens with two attached hydrogens (primary N) is 1. The first-order valence-electron chi connectivity index (χ1n) is 8.20. The Bertz CT molecular complexity index is 803. The van der Waals surface area contributed by atoms with Gasteiger partial charge in [0.15, 0.2) is 0 Å². The predicted molar refractivity (Wildman–Crippen MR) is 92.0 cm³/mol. The van der Waals surface area contributed by atoms with E-state index in [2.05, 4.69) is 14.3 Å². The highest BCUT2D eigenvalue weighted by molar-refractivity contribution is 5.67. The highest BCUT2D eigenvalue weighted by Gasteiger charge is 2.18. The fourth-order valence-electron chi connectivity index (χ4n) is 3.33. The number of hydrogen-bond donors (Lipinski definition) is 1. The molecule has 0 saturated carbocycles. The molecule has 3 aromatic heterocycles. The van der Waals surface area contributed by atoms with E-state index in [4.69, 9.17) is 10.7 Å². The average Bonchev–Trinajstić information content (AvgIpc) is 2.95. The molecule has 2 N–H and O–H groups in total. The van der Waals surface area contributed by atoms with Gasteiger partial charge in [-0.05, 0) is 50.2 Å². The SMILES string of the molecule is Nc1ccc2nc(-c3ccncc3)c(CN3CCCCC3)n2c1. The summed E-state index contributed by atoms with van der Waals surface area (Å²) in [6, 6.07) is 7.93. The molecule has 3 aromatic rings. The average molecular weight is 307 g/mol. The first kappa shape index (κ1) is 14.2. The summed E-state index contributed by atoms with van der Waals surface area (Å²) in [5.74, 6) is 0. The van der Waals surface area contributed by atoms with Crippen LogP contribution in [0.25, 0.3) is 16.9 Å². The predicted octanol–water partition coefficient (Wildman–Crippen LogP) is 2.96. The molecule has 23 heavy (non-hydrogen) atoms. The van der Waals surface area contributed by atoms with Crippen LogP contribution in [-0.4, -0.2) is 32.4 Å². The van der Waals surface area contributed by atoms with Crippen LogP contribution in [0.4, 0.5) is 5.69 Å². The van der Waals surface area contributed by atoms with Gasteiger partial charge in [-0.2, -0.15) is 0 Å². The zero-order valence-electron chi connectivity index (χ0n) is 13.2. The van der Waals surface area contributed by atoms with E-state index in [-0.39, 0.29) is 0 Å². The van der Waals surface area contributed by atoms with Crippen LogP contribution in [0.15, 0.2) is 42.9 Å². The smallest absolute Gasteiger partial charge is 0.137 e. The van der Waals surface area contributed by atoms with Gasteiger partial charge in [0, 0.05) is 36.4 Å². The van der Waals surface area contributed by atoms with Crippen molar-refractivity contribution in [1.82, 2.24) is 19.3 Å².